The molecule has 1 saturated heterocycles. The minimum absolute atomic E-state index is 0.116. The van der Waals surface area contributed by atoms with E-state index in [0.29, 0.717) is 24.9 Å². The SMILES string of the molecule is CC1(CC(C)(C)C2CCC(=O)C2)OCCO1. The number of ether oxygens (including phenoxy) is 2. The minimum Gasteiger partial charge on any atom is -0.348 e. The minimum atomic E-state index is -0.435. The Bertz CT molecular complexity index is 277. The first kappa shape index (κ1) is 12.1. The van der Waals surface area contributed by atoms with Gasteiger partial charge in [-0.15, -0.1) is 0 Å². The van der Waals surface area contributed by atoms with Crippen LogP contribution in [0.2, 0.25) is 0 Å². The number of carbonyl (C=O) groups excluding carboxylic acids is 1. The first-order valence-corrected chi connectivity index (χ1v) is 6.21. The van der Waals surface area contributed by atoms with Crippen LogP contribution in [0.15, 0.2) is 0 Å². The van der Waals surface area contributed by atoms with Gasteiger partial charge in [0.15, 0.2) is 5.79 Å². The Hall–Kier alpha value is -0.410. The van der Waals surface area contributed by atoms with Gasteiger partial charge in [0.25, 0.3) is 0 Å². The van der Waals surface area contributed by atoms with Crippen LogP contribution >= 0.6 is 0 Å². The van der Waals surface area contributed by atoms with Gasteiger partial charge in [-0.3, -0.25) is 4.79 Å². The lowest BCUT2D eigenvalue weighted by molar-refractivity contribution is -0.169. The van der Waals surface area contributed by atoms with Crippen LogP contribution in [0.5, 0.6) is 0 Å². The van der Waals surface area contributed by atoms with Gasteiger partial charge in [0.2, 0.25) is 0 Å². The lowest BCUT2D eigenvalue weighted by Gasteiger charge is -2.37. The van der Waals surface area contributed by atoms with Gasteiger partial charge < -0.3 is 9.47 Å². The standard InChI is InChI=1S/C13H22O3/c1-12(2,10-4-5-11(14)8-10)9-13(3)15-6-7-16-13/h10H,4-9H2,1-3H3. The average Bonchev–Trinajstić information content (AvgIpc) is 2.74. The van der Waals surface area contributed by atoms with Crippen molar-refractivity contribution in [1.82, 2.24) is 0 Å². The first-order chi connectivity index (χ1) is 7.41. The molecule has 3 heteroatoms. The largest absolute Gasteiger partial charge is 0.348 e. The van der Waals surface area contributed by atoms with Gasteiger partial charge in [0, 0.05) is 19.3 Å². The van der Waals surface area contributed by atoms with E-state index < -0.39 is 5.79 Å². The van der Waals surface area contributed by atoms with Gasteiger partial charge in [-0.25, -0.2) is 0 Å². The normalized spacial score (nSPS) is 29.9. The molecule has 2 aliphatic rings. The monoisotopic (exact) mass is 226 g/mol. The number of Topliss-reactive ketones (excluding diaryl/α,β-unsaturated/α-hetero) is 1. The van der Waals surface area contributed by atoms with E-state index >= 15 is 0 Å². The van der Waals surface area contributed by atoms with Crippen molar-refractivity contribution in [3.63, 3.8) is 0 Å². The van der Waals surface area contributed by atoms with Crippen molar-refractivity contribution in [2.24, 2.45) is 11.3 Å². The molecule has 92 valence electrons. The number of rotatable bonds is 3. The van der Waals surface area contributed by atoms with Crippen molar-refractivity contribution in [1.29, 1.82) is 0 Å². The second kappa shape index (κ2) is 4.11. The fourth-order valence-corrected chi connectivity index (χ4v) is 3.11. The van der Waals surface area contributed by atoms with Gasteiger partial charge in [-0.05, 0) is 24.7 Å². The molecule has 0 aromatic heterocycles. The molecule has 0 spiro atoms. The maximum Gasteiger partial charge on any atom is 0.166 e. The van der Waals surface area contributed by atoms with Crippen LogP contribution in [0, 0.1) is 11.3 Å². The molecular formula is C13H22O3. The second-order valence-corrected chi connectivity index (χ2v) is 5.97. The third kappa shape index (κ3) is 2.46. The molecule has 2 rings (SSSR count). The summed E-state index contributed by atoms with van der Waals surface area (Å²) in [7, 11) is 0. The summed E-state index contributed by atoms with van der Waals surface area (Å²) >= 11 is 0. The average molecular weight is 226 g/mol. The van der Waals surface area contributed by atoms with Crippen molar-refractivity contribution >= 4 is 5.78 Å². The molecule has 0 aromatic carbocycles. The molecular weight excluding hydrogens is 204 g/mol. The first-order valence-electron chi connectivity index (χ1n) is 6.21. The van der Waals surface area contributed by atoms with Gasteiger partial charge in [-0.1, -0.05) is 13.8 Å². The van der Waals surface area contributed by atoms with Crippen LogP contribution in [-0.2, 0) is 14.3 Å². The van der Waals surface area contributed by atoms with E-state index in [1.54, 1.807) is 0 Å². The predicted octanol–water partition coefficient (Wildman–Crippen LogP) is 2.53. The zero-order valence-electron chi connectivity index (χ0n) is 10.5. The van der Waals surface area contributed by atoms with E-state index in [1.165, 1.54) is 0 Å². The molecule has 1 atom stereocenters. The maximum absolute atomic E-state index is 11.4. The Labute approximate surface area is 97.5 Å². The number of hydrogen-bond donors (Lipinski definition) is 0. The van der Waals surface area contributed by atoms with Crippen molar-refractivity contribution in [3.8, 4) is 0 Å². The zero-order chi connectivity index (χ0) is 11.8. The molecule has 1 aliphatic heterocycles. The topological polar surface area (TPSA) is 35.5 Å². The van der Waals surface area contributed by atoms with Gasteiger partial charge >= 0.3 is 0 Å². The highest BCUT2D eigenvalue weighted by Crippen LogP contribution is 2.44. The summed E-state index contributed by atoms with van der Waals surface area (Å²) in [4.78, 5) is 11.4. The van der Waals surface area contributed by atoms with E-state index in [4.69, 9.17) is 9.47 Å². The molecule has 3 nitrogen and oxygen atoms in total. The van der Waals surface area contributed by atoms with Crippen molar-refractivity contribution in [2.75, 3.05) is 13.2 Å². The summed E-state index contributed by atoms with van der Waals surface area (Å²) in [5.74, 6) is 0.468. The maximum atomic E-state index is 11.4. The Morgan fingerprint density at radius 1 is 1.38 bits per heavy atom. The molecule has 0 amide bonds. The molecule has 1 heterocycles. The highest BCUT2D eigenvalue weighted by atomic mass is 16.7. The number of hydrogen-bond acceptors (Lipinski definition) is 3. The van der Waals surface area contributed by atoms with E-state index in [-0.39, 0.29) is 5.41 Å². The second-order valence-electron chi connectivity index (χ2n) is 5.97. The van der Waals surface area contributed by atoms with E-state index in [0.717, 1.165) is 25.7 Å². The van der Waals surface area contributed by atoms with Crippen LogP contribution in [0.3, 0.4) is 0 Å². The van der Waals surface area contributed by atoms with Crippen molar-refractivity contribution < 1.29 is 14.3 Å². The molecule has 2 fully saturated rings. The molecule has 0 bridgehead atoms. The molecule has 0 N–H and O–H groups in total. The fraction of sp³-hybridized carbons (Fsp3) is 0.923. The molecule has 1 aliphatic carbocycles. The van der Waals surface area contributed by atoms with Crippen LogP contribution in [0.1, 0.15) is 46.5 Å². The zero-order valence-corrected chi connectivity index (χ0v) is 10.5. The third-order valence-electron chi connectivity index (χ3n) is 4.03. The molecule has 1 unspecified atom stereocenters. The van der Waals surface area contributed by atoms with E-state index in [9.17, 15) is 4.79 Å². The summed E-state index contributed by atoms with van der Waals surface area (Å²) in [5, 5.41) is 0. The summed E-state index contributed by atoms with van der Waals surface area (Å²) in [5.41, 5.74) is 0.116. The quantitative estimate of drug-likeness (QED) is 0.742. The van der Waals surface area contributed by atoms with Gasteiger partial charge in [0.05, 0.1) is 13.2 Å². The Morgan fingerprint density at radius 3 is 2.50 bits per heavy atom. The van der Waals surface area contributed by atoms with Gasteiger partial charge in [-0.2, -0.15) is 0 Å². The molecule has 0 aromatic rings. The fourth-order valence-electron chi connectivity index (χ4n) is 3.11. The Kier molecular flexibility index (Phi) is 3.10. The van der Waals surface area contributed by atoms with Crippen LogP contribution in [-0.4, -0.2) is 24.8 Å². The lowest BCUT2D eigenvalue weighted by atomic mass is 9.73. The van der Waals surface area contributed by atoms with Crippen LogP contribution in [0.25, 0.3) is 0 Å². The van der Waals surface area contributed by atoms with E-state index in [2.05, 4.69) is 13.8 Å². The smallest absolute Gasteiger partial charge is 0.166 e. The summed E-state index contributed by atoms with van der Waals surface area (Å²) in [6.45, 7) is 7.85. The summed E-state index contributed by atoms with van der Waals surface area (Å²) in [6.07, 6.45) is 3.40. The summed E-state index contributed by atoms with van der Waals surface area (Å²) in [6, 6.07) is 0. The van der Waals surface area contributed by atoms with Crippen LogP contribution in [0.4, 0.5) is 0 Å². The number of carbonyl (C=O) groups is 1. The van der Waals surface area contributed by atoms with Crippen LogP contribution < -0.4 is 0 Å². The van der Waals surface area contributed by atoms with Crippen molar-refractivity contribution in [2.45, 2.75) is 52.2 Å². The van der Waals surface area contributed by atoms with Gasteiger partial charge in [0.1, 0.15) is 5.78 Å². The third-order valence-corrected chi connectivity index (χ3v) is 4.03. The molecule has 16 heavy (non-hydrogen) atoms. The molecule has 0 radical (unpaired) electrons. The molecule has 1 saturated carbocycles. The Balaban J connectivity index is 1.98. The van der Waals surface area contributed by atoms with Crippen molar-refractivity contribution in [3.05, 3.63) is 0 Å². The highest BCUT2D eigenvalue weighted by Gasteiger charge is 2.43. The van der Waals surface area contributed by atoms with E-state index in [1.807, 2.05) is 6.92 Å². The number of ketones is 1. The highest BCUT2D eigenvalue weighted by molar-refractivity contribution is 5.80. The lowest BCUT2D eigenvalue weighted by Crippen LogP contribution is -2.36. The predicted molar refractivity (Wildman–Crippen MR) is 61.1 cm³/mol. The summed E-state index contributed by atoms with van der Waals surface area (Å²) < 4.78 is 11.3. The Morgan fingerprint density at radius 2 is 2.00 bits per heavy atom.